The van der Waals surface area contributed by atoms with Crippen molar-refractivity contribution in [1.29, 1.82) is 0 Å². The molecule has 8 heteroatoms. The Morgan fingerprint density at radius 2 is 2.00 bits per heavy atom. The molecule has 1 atom stereocenters. The van der Waals surface area contributed by atoms with Crippen LogP contribution in [0.25, 0.3) is 0 Å². The summed E-state index contributed by atoms with van der Waals surface area (Å²) in [6.45, 7) is 11.3. The lowest BCUT2D eigenvalue weighted by Gasteiger charge is -2.31. The largest absolute Gasteiger partial charge is 0.422 e. The van der Waals surface area contributed by atoms with Crippen LogP contribution in [0.1, 0.15) is 79.2 Å². The van der Waals surface area contributed by atoms with Gasteiger partial charge in [-0.25, -0.2) is 0 Å². The van der Waals surface area contributed by atoms with E-state index in [0.717, 1.165) is 11.4 Å². The smallest absolute Gasteiger partial charge is 0.257 e. The molecule has 2 aromatic rings. The molecule has 0 unspecified atom stereocenters. The Kier molecular flexibility index (Phi) is 4.89. The summed E-state index contributed by atoms with van der Waals surface area (Å²) >= 11 is 0. The number of H-pyrrole nitrogens is 1. The highest BCUT2D eigenvalue weighted by atomic mass is 16.5. The topological polar surface area (TPSA) is 97.1 Å². The van der Waals surface area contributed by atoms with Crippen LogP contribution in [0.3, 0.4) is 0 Å². The number of morpholine rings is 1. The first-order chi connectivity index (χ1) is 11.9. The lowest BCUT2D eigenvalue weighted by Crippen LogP contribution is -2.42. The van der Waals surface area contributed by atoms with Gasteiger partial charge in [0.05, 0.1) is 24.4 Å². The van der Waals surface area contributed by atoms with E-state index in [1.807, 2.05) is 34.6 Å². The fourth-order valence-electron chi connectivity index (χ4n) is 2.89. The number of aromatic amines is 1. The van der Waals surface area contributed by atoms with Gasteiger partial charge in [-0.1, -0.05) is 27.7 Å². The third-order valence-electron chi connectivity index (χ3n) is 4.32. The van der Waals surface area contributed by atoms with Crippen molar-refractivity contribution >= 4 is 5.91 Å². The van der Waals surface area contributed by atoms with Gasteiger partial charge in [-0.3, -0.25) is 9.89 Å². The van der Waals surface area contributed by atoms with Crippen molar-refractivity contribution < 1.29 is 13.9 Å². The van der Waals surface area contributed by atoms with Crippen LogP contribution in [0.15, 0.2) is 4.42 Å². The molecule has 3 heterocycles. The molecule has 1 fully saturated rings. The summed E-state index contributed by atoms with van der Waals surface area (Å²) in [5.41, 5.74) is 2.24. The van der Waals surface area contributed by atoms with E-state index >= 15 is 0 Å². The van der Waals surface area contributed by atoms with Gasteiger partial charge in [0.1, 0.15) is 0 Å². The van der Waals surface area contributed by atoms with Crippen molar-refractivity contribution in [2.24, 2.45) is 0 Å². The number of aromatic nitrogens is 4. The summed E-state index contributed by atoms with van der Waals surface area (Å²) in [6.07, 6.45) is -0.396. The lowest BCUT2D eigenvalue weighted by atomic mass is 10.0. The summed E-state index contributed by atoms with van der Waals surface area (Å²) in [7, 11) is 0. The molecule has 1 N–H and O–H groups in total. The second kappa shape index (κ2) is 6.95. The predicted octanol–water partition coefficient (Wildman–Crippen LogP) is 2.56. The van der Waals surface area contributed by atoms with E-state index in [-0.39, 0.29) is 17.7 Å². The molecule has 1 amide bonds. The van der Waals surface area contributed by atoms with Gasteiger partial charge in [0.2, 0.25) is 11.8 Å². The number of amides is 1. The maximum Gasteiger partial charge on any atom is 0.257 e. The summed E-state index contributed by atoms with van der Waals surface area (Å²) in [6, 6.07) is 0. The normalized spacial score (nSPS) is 18.4. The van der Waals surface area contributed by atoms with Crippen LogP contribution >= 0.6 is 0 Å². The first-order valence-electron chi connectivity index (χ1n) is 8.67. The average molecular weight is 347 g/mol. The Morgan fingerprint density at radius 1 is 1.24 bits per heavy atom. The summed E-state index contributed by atoms with van der Waals surface area (Å²) in [4.78, 5) is 14.8. The first kappa shape index (κ1) is 17.6. The number of rotatable bonds is 4. The molecule has 0 radical (unpaired) electrons. The highest BCUT2D eigenvalue weighted by molar-refractivity contribution is 5.96. The van der Waals surface area contributed by atoms with Crippen LogP contribution in [0.4, 0.5) is 0 Å². The van der Waals surface area contributed by atoms with Crippen LogP contribution < -0.4 is 0 Å². The van der Waals surface area contributed by atoms with E-state index in [1.54, 1.807) is 4.90 Å². The minimum atomic E-state index is -0.396. The van der Waals surface area contributed by atoms with Gasteiger partial charge >= 0.3 is 0 Å². The molecule has 0 bridgehead atoms. The lowest BCUT2D eigenvalue weighted by molar-refractivity contribution is -0.0351. The molecule has 1 aliphatic heterocycles. The quantitative estimate of drug-likeness (QED) is 0.913. The SMILES string of the molecule is Cc1[nH]nc(C(C)C)c1C(=O)N1CCO[C@H](c2nnc(C(C)C)o2)C1. The highest BCUT2D eigenvalue weighted by Gasteiger charge is 2.32. The highest BCUT2D eigenvalue weighted by Crippen LogP contribution is 2.26. The van der Waals surface area contributed by atoms with E-state index < -0.39 is 6.10 Å². The zero-order valence-electron chi connectivity index (χ0n) is 15.4. The maximum atomic E-state index is 13.0. The van der Waals surface area contributed by atoms with Crippen molar-refractivity contribution in [3.63, 3.8) is 0 Å². The van der Waals surface area contributed by atoms with Gasteiger partial charge in [-0.2, -0.15) is 5.10 Å². The summed E-state index contributed by atoms with van der Waals surface area (Å²) < 4.78 is 11.4. The molecule has 1 saturated heterocycles. The molecule has 3 rings (SSSR count). The third-order valence-corrected chi connectivity index (χ3v) is 4.32. The number of nitrogens with zero attached hydrogens (tertiary/aromatic N) is 4. The number of carbonyl (C=O) groups excluding carboxylic acids is 1. The number of ether oxygens (including phenoxy) is 1. The van der Waals surface area contributed by atoms with E-state index in [4.69, 9.17) is 9.15 Å². The Balaban J connectivity index is 1.79. The van der Waals surface area contributed by atoms with Crippen molar-refractivity contribution in [1.82, 2.24) is 25.3 Å². The molecule has 0 saturated carbocycles. The predicted molar refractivity (Wildman–Crippen MR) is 90.4 cm³/mol. The average Bonchev–Trinajstić information content (AvgIpc) is 3.21. The third kappa shape index (κ3) is 3.44. The van der Waals surface area contributed by atoms with Gasteiger partial charge in [-0.15, -0.1) is 10.2 Å². The fourth-order valence-corrected chi connectivity index (χ4v) is 2.89. The second-order valence-corrected chi connectivity index (χ2v) is 7.01. The van der Waals surface area contributed by atoms with Gasteiger partial charge in [0.25, 0.3) is 5.91 Å². The molecule has 8 nitrogen and oxygen atoms in total. The molecule has 136 valence electrons. The number of aryl methyl sites for hydroxylation is 1. The fraction of sp³-hybridized carbons (Fsp3) is 0.647. The van der Waals surface area contributed by atoms with Crippen LogP contribution in [0.5, 0.6) is 0 Å². The van der Waals surface area contributed by atoms with Crippen molar-refractivity contribution in [2.75, 3.05) is 19.7 Å². The van der Waals surface area contributed by atoms with Crippen molar-refractivity contribution in [3.8, 4) is 0 Å². The Labute approximate surface area is 146 Å². The van der Waals surface area contributed by atoms with Gasteiger partial charge in [0.15, 0.2) is 6.10 Å². The Hall–Kier alpha value is -2.22. The van der Waals surface area contributed by atoms with E-state index in [2.05, 4.69) is 20.4 Å². The van der Waals surface area contributed by atoms with Gasteiger partial charge < -0.3 is 14.1 Å². The number of carbonyl (C=O) groups is 1. The van der Waals surface area contributed by atoms with Crippen LogP contribution in [-0.2, 0) is 4.74 Å². The summed E-state index contributed by atoms with van der Waals surface area (Å²) in [5, 5.41) is 15.3. The standard InChI is InChI=1S/C17H25N5O3/c1-9(2)14-13(11(5)18-19-14)17(23)22-6-7-24-12(8-22)16-21-20-15(25-16)10(3)4/h9-10,12H,6-8H2,1-5H3,(H,18,19)/t12-/m0/s1. The molecule has 2 aromatic heterocycles. The zero-order chi connectivity index (χ0) is 18.1. The second-order valence-electron chi connectivity index (χ2n) is 7.01. The molecule has 0 aliphatic carbocycles. The summed E-state index contributed by atoms with van der Waals surface area (Å²) in [5.74, 6) is 1.30. The minimum absolute atomic E-state index is 0.0353. The number of hydrogen-bond donors (Lipinski definition) is 1. The maximum absolute atomic E-state index is 13.0. The Bertz CT molecular complexity index is 749. The number of hydrogen-bond acceptors (Lipinski definition) is 6. The van der Waals surface area contributed by atoms with Gasteiger partial charge in [-0.05, 0) is 12.8 Å². The first-order valence-corrected chi connectivity index (χ1v) is 8.67. The van der Waals surface area contributed by atoms with Crippen LogP contribution in [0.2, 0.25) is 0 Å². The monoisotopic (exact) mass is 347 g/mol. The van der Waals surface area contributed by atoms with E-state index in [1.165, 1.54) is 0 Å². The van der Waals surface area contributed by atoms with Gasteiger partial charge in [0, 0.05) is 18.2 Å². The molecule has 0 spiro atoms. The molecular weight excluding hydrogens is 322 g/mol. The van der Waals surface area contributed by atoms with E-state index in [9.17, 15) is 4.79 Å². The Morgan fingerprint density at radius 3 is 2.64 bits per heavy atom. The molecule has 1 aliphatic rings. The van der Waals surface area contributed by atoms with E-state index in [0.29, 0.717) is 37.0 Å². The van der Waals surface area contributed by atoms with Crippen molar-refractivity contribution in [2.45, 2.75) is 52.6 Å². The van der Waals surface area contributed by atoms with Crippen LogP contribution in [0, 0.1) is 6.92 Å². The minimum Gasteiger partial charge on any atom is -0.422 e. The van der Waals surface area contributed by atoms with Crippen LogP contribution in [-0.4, -0.2) is 50.9 Å². The number of nitrogens with one attached hydrogen (secondary N) is 1. The molecular formula is C17H25N5O3. The molecule has 0 aromatic carbocycles. The zero-order valence-corrected chi connectivity index (χ0v) is 15.4. The van der Waals surface area contributed by atoms with Crippen molar-refractivity contribution in [3.05, 3.63) is 28.7 Å². The molecule has 25 heavy (non-hydrogen) atoms.